The minimum absolute atomic E-state index is 0.0279. The molecule has 0 saturated carbocycles. The smallest absolute Gasteiger partial charge is 0.226 e. The van der Waals surface area contributed by atoms with Gasteiger partial charge in [-0.1, -0.05) is 47.6 Å². The van der Waals surface area contributed by atoms with Crippen LogP contribution in [-0.4, -0.2) is 21.7 Å². The van der Waals surface area contributed by atoms with Crippen LogP contribution in [0.25, 0.3) is 22.6 Å². The van der Waals surface area contributed by atoms with E-state index in [-0.39, 0.29) is 34.5 Å². The van der Waals surface area contributed by atoms with Gasteiger partial charge in [-0.05, 0) is 42.2 Å². The Labute approximate surface area is 216 Å². The van der Waals surface area contributed by atoms with Crippen LogP contribution in [0.4, 0.5) is 10.2 Å². The van der Waals surface area contributed by atoms with E-state index >= 15 is 0 Å². The molecular weight excluding hydrogens is 501 g/mol. The van der Waals surface area contributed by atoms with E-state index in [9.17, 15) is 14.9 Å². The number of halogens is 2. The Morgan fingerprint density at radius 1 is 1.06 bits per heavy atom. The van der Waals surface area contributed by atoms with Gasteiger partial charge in [0.1, 0.15) is 40.6 Å². The average Bonchev–Trinajstić information content (AvgIpc) is 3.37. The number of benzene rings is 2. The summed E-state index contributed by atoms with van der Waals surface area (Å²) in [6.45, 7) is 0.102. The Kier molecular flexibility index (Phi) is 7.87. The molecule has 2 aromatic heterocycles. The van der Waals surface area contributed by atoms with Crippen LogP contribution in [0.1, 0.15) is 28.8 Å². The third-order valence-corrected chi connectivity index (χ3v) is 6.66. The van der Waals surface area contributed by atoms with Crippen LogP contribution in [0.2, 0.25) is 5.02 Å². The van der Waals surface area contributed by atoms with Crippen LogP contribution < -0.4 is 5.73 Å². The molecule has 2 aromatic carbocycles. The molecule has 0 spiro atoms. The van der Waals surface area contributed by atoms with Crippen molar-refractivity contribution >= 4 is 29.2 Å². The highest BCUT2D eigenvalue weighted by Gasteiger charge is 2.21. The number of nitrogens with two attached hydrogens (primary N) is 1. The fraction of sp³-hybridized carbons (Fsp3) is 0.154. The number of aromatic nitrogens is 2. The predicted octanol–water partition coefficient (Wildman–Crippen LogP) is 5.74. The lowest BCUT2D eigenvalue weighted by molar-refractivity contribution is 0.288. The van der Waals surface area contributed by atoms with Crippen molar-refractivity contribution in [1.29, 1.82) is 10.5 Å². The van der Waals surface area contributed by atoms with E-state index in [2.05, 4.69) is 22.1 Å². The molecule has 0 aliphatic heterocycles. The molecule has 4 aromatic rings. The Balaban J connectivity index is 1.63. The van der Waals surface area contributed by atoms with Gasteiger partial charge in [-0.15, -0.1) is 0 Å². The highest BCUT2D eigenvalue weighted by molar-refractivity contribution is 7.98. The number of oxazole rings is 1. The highest BCUT2D eigenvalue weighted by atomic mass is 35.5. The molecule has 0 bridgehead atoms. The van der Waals surface area contributed by atoms with Crippen LogP contribution in [0, 0.1) is 28.5 Å². The van der Waals surface area contributed by atoms with Crippen molar-refractivity contribution in [3.8, 4) is 34.7 Å². The van der Waals surface area contributed by atoms with Gasteiger partial charge in [-0.2, -0.15) is 10.5 Å². The summed E-state index contributed by atoms with van der Waals surface area (Å²) in [5.41, 5.74) is 9.70. The Morgan fingerprint density at radius 2 is 1.78 bits per heavy atom. The quantitative estimate of drug-likeness (QED) is 0.281. The second-order valence-electron chi connectivity index (χ2n) is 7.74. The maximum Gasteiger partial charge on any atom is 0.226 e. The molecular formula is C26H19ClFN5O2S. The molecule has 10 heteroatoms. The molecule has 0 fully saturated rings. The van der Waals surface area contributed by atoms with Crippen LogP contribution in [-0.2, 0) is 12.2 Å². The summed E-state index contributed by atoms with van der Waals surface area (Å²) in [6, 6.07) is 15.9. The van der Waals surface area contributed by atoms with Crippen molar-refractivity contribution < 1.29 is 13.9 Å². The third-order valence-electron chi connectivity index (χ3n) is 5.36. The SMILES string of the molecule is N#Cc1c(N)nc(SCc2coc(-c3ccc(F)c(Cl)c3)n2)c(C#N)c1-c1ccc(CCCO)cc1. The van der Waals surface area contributed by atoms with E-state index in [4.69, 9.17) is 26.9 Å². The zero-order chi connectivity index (χ0) is 25.7. The number of aryl methyl sites for hydroxylation is 1. The lowest BCUT2D eigenvalue weighted by Gasteiger charge is -2.13. The lowest BCUT2D eigenvalue weighted by Crippen LogP contribution is -2.03. The zero-order valence-electron chi connectivity index (χ0n) is 18.8. The van der Waals surface area contributed by atoms with Crippen LogP contribution in [0.5, 0.6) is 0 Å². The second-order valence-corrected chi connectivity index (χ2v) is 9.11. The maximum absolute atomic E-state index is 13.5. The van der Waals surface area contributed by atoms with Crippen molar-refractivity contribution in [2.75, 3.05) is 12.3 Å². The predicted molar refractivity (Wildman–Crippen MR) is 135 cm³/mol. The number of anilines is 1. The molecule has 7 nitrogen and oxygen atoms in total. The van der Waals surface area contributed by atoms with Crippen molar-refractivity contribution in [3.63, 3.8) is 0 Å². The number of rotatable bonds is 8. The van der Waals surface area contributed by atoms with Crippen LogP contribution in [0.3, 0.4) is 0 Å². The van der Waals surface area contributed by atoms with E-state index in [1.807, 2.05) is 24.3 Å². The number of aliphatic hydroxyl groups is 1. The first-order valence-corrected chi connectivity index (χ1v) is 12.2. The molecule has 36 heavy (non-hydrogen) atoms. The first kappa shape index (κ1) is 25.2. The van der Waals surface area contributed by atoms with E-state index in [1.165, 1.54) is 36.2 Å². The number of nitrogens with zero attached hydrogens (tertiary/aromatic N) is 4. The first-order valence-electron chi connectivity index (χ1n) is 10.8. The topological polar surface area (TPSA) is 133 Å². The molecule has 3 N–H and O–H groups in total. The van der Waals surface area contributed by atoms with E-state index in [1.54, 1.807) is 0 Å². The molecule has 2 heterocycles. The summed E-state index contributed by atoms with van der Waals surface area (Å²) in [7, 11) is 0. The number of hydrogen-bond donors (Lipinski definition) is 2. The van der Waals surface area contributed by atoms with Crippen molar-refractivity contribution in [3.05, 3.63) is 82.0 Å². The summed E-state index contributed by atoms with van der Waals surface area (Å²) < 4.78 is 19.0. The third kappa shape index (κ3) is 5.34. The van der Waals surface area contributed by atoms with Gasteiger partial charge in [0, 0.05) is 23.5 Å². The first-order chi connectivity index (χ1) is 17.4. The number of nitrogen functional groups attached to an aromatic ring is 1. The molecule has 0 saturated heterocycles. The summed E-state index contributed by atoms with van der Waals surface area (Å²) in [5, 5.41) is 29.1. The molecule has 0 aliphatic carbocycles. The van der Waals surface area contributed by atoms with E-state index in [0.717, 1.165) is 12.0 Å². The van der Waals surface area contributed by atoms with Gasteiger partial charge in [0.15, 0.2) is 0 Å². The number of nitriles is 2. The van der Waals surface area contributed by atoms with Gasteiger partial charge in [-0.3, -0.25) is 0 Å². The van der Waals surface area contributed by atoms with E-state index in [0.29, 0.717) is 39.6 Å². The maximum atomic E-state index is 13.5. The Bertz CT molecular complexity index is 1490. The Hall–Kier alpha value is -3.89. The van der Waals surface area contributed by atoms with Gasteiger partial charge in [0.25, 0.3) is 0 Å². The minimum Gasteiger partial charge on any atom is -0.444 e. The fourth-order valence-corrected chi connectivity index (χ4v) is 4.64. The van der Waals surface area contributed by atoms with Crippen molar-refractivity contribution in [2.45, 2.75) is 23.6 Å². The summed E-state index contributed by atoms with van der Waals surface area (Å²) in [4.78, 5) is 8.72. The summed E-state index contributed by atoms with van der Waals surface area (Å²) in [6.07, 6.45) is 2.83. The van der Waals surface area contributed by atoms with Gasteiger partial charge in [0.05, 0.1) is 16.3 Å². The molecule has 0 radical (unpaired) electrons. The average molecular weight is 520 g/mol. The number of hydrogen-bond acceptors (Lipinski definition) is 8. The largest absolute Gasteiger partial charge is 0.444 e. The van der Waals surface area contributed by atoms with Gasteiger partial charge >= 0.3 is 0 Å². The monoisotopic (exact) mass is 519 g/mol. The number of pyridine rings is 1. The summed E-state index contributed by atoms with van der Waals surface area (Å²) >= 11 is 7.08. The normalized spacial score (nSPS) is 10.7. The lowest BCUT2D eigenvalue weighted by atomic mass is 9.95. The molecule has 0 unspecified atom stereocenters. The number of thioether (sulfide) groups is 1. The molecule has 0 atom stereocenters. The van der Waals surface area contributed by atoms with Gasteiger partial charge < -0.3 is 15.3 Å². The Morgan fingerprint density at radius 3 is 2.44 bits per heavy atom. The van der Waals surface area contributed by atoms with Gasteiger partial charge in [0.2, 0.25) is 5.89 Å². The van der Waals surface area contributed by atoms with Crippen LogP contribution in [0.15, 0.2) is 58.2 Å². The summed E-state index contributed by atoms with van der Waals surface area (Å²) in [5.74, 6) is 0.0830. The fourth-order valence-electron chi connectivity index (χ4n) is 3.59. The van der Waals surface area contributed by atoms with Crippen LogP contribution >= 0.6 is 23.4 Å². The highest BCUT2D eigenvalue weighted by Crippen LogP contribution is 2.37. The number of aliphatic hydroxyl groups excluding tert-OH is 1. The molecule has 0 aliphatic rings. The van der Waals surface area contributed by atoms with Crippen molar-refractivity contribution in [1.82, 2.24) is 9.97 Å². The zero-order valence-corrected chi connectivity index (χ0v) is 20.4. The molecule has 180 valence electrons. The second kappa shape index (κ2) is 11.2. The molecule has 0 amide bonds. The standard InChI is InChI=1S/C26H19ClFN5O2S/c27-21-10-17(7-8-22(21)28)25-32-18(13-35-25)14-36-26-20(12-30)23(19(11-29)24(31)33-26)16-5-3-15(4-6-16)2-1-9-34/h3-8,10,13,34H,1-2,9,14H2,(H2,31,33). The van der Waals surface area contributed by atoms with Gasteiger partial charge in [-0.25, -0.2) is 14.4 Å². The minimum atomic E-state index is -0.535. The van der Waals surface area contributed by atoms with E-state index < -0.39 is 5.82 Å². The van der Waals surface area contributed by atoms with Crippen molar-refractivity contribution in [2.24, 2.45) is 0 Å². The molecule has 4 rings (SSSR count).